The first-order valence-electron chi connectivity index (χ1n) is 20.5. The molecule has 6 aromatic rings. The van der Waals surface area contributed by atoms with Gasteiger partial charge in [-0.1, -0.05) is 53.6 Å². The van der Waals surface area contributed by atoms with Gasteiger partial charge in [-0.15, -0.1) is 11.3 Å². The summed E-state index contributed by atoms with van der Waals surface area (Å²) in [5.74, 6) is -6.75. The van der Waals surface area contributed by atoms with Crippen LogP contribution < -0.4 is 14.7 Å². The van der Waals surface area contributed by atoms with Crippen LogP contribution in [0.2, 0.25) is 5.02 Å². The monoisotopic (exact) mass is 899 g/mol. The van der Waals surface area contributed by atoms with E-state index in [2.05, 4.69) is 0 Å². The predicted octanol–water partition coefficient (Wildman–Crippen LogP) is 8.44. The summed E-state index contributed by atoms with van der Waals surface area (Å²) < 4.78 is 2.50. The number of rotatable bonds is 7. The number of nitro groups is 2. The van der Waals surface area contributed by atoms with Crippen LogP contribution in [0, 0.1) is 56.2 Å². The van der Waals surface area contributed by atoms with Crippen LogP contribution in [0.25, 0.3) is 31.4 Å². The minimum absolute atomic E-state index is 0.00467. The number of carbonyl (C=O) groups excluding carboxylic acids is 4. The van der Waals surface area contributed by atoms with Crippen LogP contribution >= 0.6 is 22.9 Å². The van der Waals surface area contributed by atoms with E-state index in [-0.39, 0.29) is 35.8 Å². The molecule has 4 aliphatic rings. The van der Waals surface area contributed by atoms with Crippen molar-refractivity contribution in [3.63, 3.8) is 0 Å². The predicted molar refractivity (Wildman–Crippen MR) is 241 cm³/mol. The van der Waals surface area contributed by atoms with E-state index in [0.717, 1.165) is 37.6 Å². The van der Waals surface area contributed by atoms with Crippen molar-refractivity contribution in [2.75, 3.05) is 28.8 Å². The van der Waals surface area contributed by atoms with Gasteiger partial charge in [0.2, 0.25) is 23.6 Å². The lowest BCUT2D eigenvalue weighted by molar-refractivity contribution is -0.392. The Bertz CT molecular complexity index is 3140. The minimum Gasteiger partial charge on any atom is -0.507 e. The van der Waals surface area contributed by atoms with E-state index >= 15 is 9.59 Å². The fourth-order valence-electron chi connectivity index (χ4n) is 11.1. The number of nitrogens with zero attached hydrogens (tertiary/aromatic N) is 7. The number of anilines is 3. The van der Waals surface area contributed by atoms with E-state index in [1.54, 1.807) is 44.3 Å². The Morgan fingerprint density at radius 1 is 0.875 bits per heavy atom. The van der Waals surface area contributed by atoms with Gasteiger partial charge in [-0.3, -0.25) is 44.1 Å². The number of hydrogen-bond acceptors (Lipinski definition) is 12. The number of aromatic nitrogens is 2. The van der Waals surface area contributed by atoms with Crippen LogP contribution in [0.5, 0.6) is 5.75 Å². The van der Waals surface area contributed by atoms with Gasteiger partial charge in [0.05, 0.1) is 43.6 Å². The second-order valence-corrected chi connectivity index (χ2v) is 18.8. The highest BCUT2D eigenvalue weighted by Crippen LogP contribution is 2.64. The zero-order valence-electron chi connectivity index (χ0n) is 34.9. The largest absolute Gasteiger partial charge is 0.507 e. The summed E-state index contributed by atoms with van der Waals surface area (Å²) in [5, 5.41) is 43.1. The van der Waals surface area contributed by atoms with Gasteiger partial charge < -0.3 is 10.0 Å². The van der Waals surface area contributed by atoms with Gasteiger partial charge in [0.25, 0.3) is 0 Å². The van der Waals surface area contributed by atoms with Gasteiger partial charge >= 0.3 is 11.4 Å². The maximum atomic E-state index is 15.4. The average Bonchev–Trinajstić information content (AvgIpc) is 3.93. The third kappa shape index (κ3) is 5.62. The highest BCUT2D eigenvalue weighted by molar-refractivity contribution is 7.22. The van der Waals surface area contributed by atoms with Gasteiger partial charge in [-0.2, -0.15) is 5.10 Å². The standard InChI is InChI=1S/C46H38ClN7O9S/c1-21-29-16-22(47)10-15-36(29)64-41(21)32-20-37(50(5)48-32)52-43(57)31-19-30-27(39(46(31,2)45(52)59)26-13-14-35(55)25-9-7-6-8-24(25)26)11-12-28-38(30)44(58)51(42(28)56)23-17-33(53(60)61)40(49(3)4)34(18-23)54(62)63/h6-11,13-18,20,28,30-31,38-39,55H,12,19H2,1-5H3. The molecule has 16 nitrogen and oxygen atoms in total. The van der Waals surface area contributed by atoms with Crippen LogP contribution in [-0.2, 0) is 26.2 Å². The molecule has 64 heavy (non-hydrogen) atoms. The normalized spacial score (nSPS) is 24.0. The average molecular weight is 900 g/mol. The lowest BCUT2D eigenvalue weighted by atomic mass is 9.51. The molecule has 18 heteroatoms. The summed E-state index contributed by atoms with van der Waals surface area (Å²) in [6.45, 7) is 3.73. The summed E-state index contributed by atoms with van der Waals surface area (Å²) in [6.07, 6.45) is 1.93. The van der Waals surface area contributed by atoms with Crippen LogP contribution in [0.4, 0.5) is 28.6 Å². The van der Waals surface area contributed by atoms with E-state index in [4.69, 9.17) is 16.7 Å². The summed E-state index contributed by atoms with van der Waals surface area (Å²) in [6, 6.07) is 19.8. The second-order valence-electron chi connectivity index (χ2n) is 17.3. The number of nitro benzene ring substituents is 2. The molecule has 1 N–H and O–H groups in total. The fraction of sp³-hybridized carbons (Fsp3) is 0.283. The molecule has 2 aromatic heterocycles. The van der Waals surface area contributed by atoms with Crippen LogP contribution in [0.1, 0.15) is 36.8 Å². The molecule has 4 amide bonds. The zero-order chi connectivity index (χ0) is 45.4. The van der Waals surface area contributed by atoms with Gasteiger partial charge in [-0.25, -0.2) is 9.80 Å². The number of imide groups is 2. The summed E-state index contributed by atoms with van der Waals surface area (Å²) in [4.78, 5) is 87.0. The van der Waals surface area contributed by atoms with Crippen LogP contribution in [-0.4, -0.2) is 62.5 Å². The quantitative estimate of drug-likeness (QED) is 0.0697. The number of hydrogen-bond donors (Lipinski definition) is 1. The first-order chi connectivity index (χ1) is 30.4. The summed E-state index contributed by atoms with van der Waals surface area (Å²) in [7, 11) is 4.50. The fourth-order valence-corrected chi connectivity index (χ4v) is 12.4. The molecule has 2 aliphatic heterocycles. The van der Waals surface area contributed by atoms with Crippen molar-refractivity contribution in [3.8, 4) is 16.3 Å². The second kappa shape index (κ2) is 14.3. The van der Waals surface area contributed by atoms with E-state index in [9.17, 15) is 34.9 Å². The molecule has 4 aromatic carbocycles. The van der Waals surface area contributed by atoms with E-state index in [1.165, 1.54) is 39.9 Å². The molecular formula is C46H38ClN7O9S. The van der Waals surface area contributed by atoms with Crippen LogP contribution in [0.15, 0.2) is 84.4 Å². The van der Waals surface area contributed by atoms with Gasteiger partial charge in [0.15, 0.2) is 5.69 Å². The lowest BCUT2D eigenvalue weighted by Gasteiger charge is -2.49. The highest BCUT2D eigenvalue weighted by Gasteiger charge is 2.68. The van der Waals surface area contributed by atoms with Crippen molar-refractivity contribution in [3.05, 3.63) is 121 Å². The lowest BCUT2D eigenvalue weighted by Crippen LogP contribution is -2.49. The van der Waals surface area contributed by atoms with Crippen molar-refractivity contribution in [2.24, 2.45) is 36.1 Å². The Morgan fingerprint density at radius 2 is 1.56 bits per heavy atom. The molecule has 10 rings (SSSR count). The zero-order valence-corrected chi connectivity index (χ0v) is 36.5. The van der Waals surface area contributed by atoms with Crippen LogP contribution in [0.3, 0.4) is 0 Å². The number of halogens is 1. The SMILES string of the molecule is Cc1c(-c2cc(N3C(=O)C4CC5C(=CCC6C(=O)N(c7cc([N+](=O)[O-])c(N(C)C)c([N+](=O)[O-])c7)C(=O)C65)C(c5ccc(O)c6ccccc56)C4(C)C3=O)n(C)n2)sc2ccc(Cl)cc12. The number of amides is 4. The van der Waals surface area contributed by atoms with E-state index in [1.807, 2.05) is 43.3 Å². The first-order valence-corrected chi connectivity index (χ1v) is 21.7. The minimum atomic E-state index is -1.44. The third-order valence-corrected chi connectivity index (χ3v) is 15.4. The van der Waals surface area contributed by atoms with Gasteiger partial charge in [0.1, 0.15) is 17.3 Å². The molecule has 0 radical (unpaired) electrons. The maximum absolute atomic E-state index is 15.4. The molecule has 4 heterocycles. The molecular weight excluding hydrogens is 862 g/mol. The number of aromatic hydroxyl groups is 1. The maximum Gasteiger partial charge on any atom is 0.301 e. The molecule has 324 valence electrons. The molecule has 0 bridgehead atoms. The Kier molecular flexibility index (Phi) is 9.15. The topological polar surface area (TPSA) is 202 Å². The number of thiophene rings is 1. The molecule has 1 saturated carbocycles. The molecule has 2 aliphatic carbocycles. The smallest absolute Gasteiger partial charge is 0.301 e. The Labute approximate surface area is 373 Å². The number of benzene rings is 4. The van der Waals surface area contributed by atoms with E-state index < -0.39 is 79.9 Å². The summed E-state index contributed by atoms with van der Waals surface area (Å²) >= 11 is 7.85. The number of carbonyl (C=O) groups is 4. The van der Waals surface area contributed by atoms with Gasteiger partial charge in [0, 0.05) is 60.4 Å². The van der Waals surface area contributed by atoms with Gasteiger partial charge in [-0.05, 0) is 78.8 Å². The van der Waals surface area contributed by atoms with Crippen molar-refractivity contribution >= 4 is 96.0 Å². The number of allylic oxidation sites excluding steroid dienone is 2. The number of phenols is 1. The van der Waals surface area contributed by atoms with E-state index in [0.29, 0.717) is 32.6 Å². The van der Waals surface area contributed by atoms with Crippen molar-refractivity contribution < 1.29 is 34.1 Å². The Hall–Kier alpha value is -6.98. The molecule has 2 saturated heterocycles. The molecule has 6 unspecified atom stereocenters. The van der Waals surface area contributed by atoms with Crippen molar-refractivity contribution in [1.29, 1.82) is 0 Å². The number of fused-ring (bicyclic) bond motifs is 6. The Morgan fingerprint density at radius 3 is 2.23 bits per heavy atom. The van der Waals surface area contributed by atoms with Crippen molar-refractivity contribution in [1.82, 2.24) is 9.78 Å². The highest BCUT2D eigenvalue weighted by atomic mass is 35.5. The third-order valence-electron chi connectivity index (χ3n) is 13.9. The summed E-state index contributed by atoms with van der Waals surface area (Å²) in [5.41, 5.74) is -0.535. The molecule has 6 atom stereocenters. The molecule has 3 fully saturated rings. The molecule has 0 spiro atoms. The number of aryl methyl sites for hydroxylation is 2. The Balaban J connectivity index is 1.11. The number of phenolic OH excluding ortho intramolecular Hbond substituents is 1. The first kappa shape index (κ1) is 41.1. The van der Waals surface area contributed by atoms with Crippen molar-refractivity contribution in [2.45, 2.75) is 32.6 Å².